The van der Waals surface area contributed by atoms with Gasteiger partial charge in [-0.25, -0.2) is 4.39 Å². The summed E-state index contributed by atoms with van der Waals surface area (Å²) < 4.78 is 26.1. The fraction of sp³-hybridized carbons (Fsp3) is 0.182. The molecular formula is C22H21BrFNO2. The Morgan fingerprint density at radius 1 is 0.926 bits per heavy atom. The predicted molar refractivity (Wildman–Crippen MR) is 110 cm³/mol. The maximum atomic E-state index is 13.8. The minimum atomic E-state index is -0.260. The average Bonchev–Trinajstić information content (AvgIpc) is 2.68. The molecule has 0 saturated heterocycles. The summed E-state index contributed by atoms with van der Waals surface area (Å²) in [5.74, 6) is 1.31. The maximum absolute atomic E-state index is 13.8. The summed E-state index contributed by atoms with van der Waals surface area (Å²) in [7, 11) is 0. The highest BCUT2D eigenvalue weighted by molar-refractivity contribution is 9.10. The van der Waals surface area contributed by atoms with Gasteiger partial charge in [-0.05, 0) is 55.5 Å². The van der Waals surface area contributed by atoms with E-state index in [0.717, 1.165) is 27.2 Å². The third-order valence-electron chi connectivity index (χ3n) is 4.01. The van der Waals surface area contributed by atoms with Crippen LogP contribution in [-0.4, -0.2) is 6.61 Å². The number of benzene rings is 3. The molecule has 0 amide bonds. The zero-order valence-electron chi connectivity index (χ0n) is 15.0. The Labute approximate surface area is 167 Å². The van der Waals surface area contributed by atoms with Crippen molar-refractivity contribution in [1.29, 1.82) is 0 Å². The largest absolute Gasteiger partial charge is 0.494 e. The molecule has 0 unspecified atom stereocenters. The van der Waals surface area contributed by atoms with Crippen LogP contribution < -0.4 is 14.8 Å². The molecule has 3 rings (SSSR count). The van der Waals surface area contributed by atoms with Crippen molar-refractivity contribution in [2.75, 3.05) is 11.9 Å². The van der Waals surface area contributed by atoms with E-state index in [1.807, 2.05) is 49.4 Å². The molecule has 140 valence electrons. The van der Waals surface area contributed by atoms with Crippen LogP contribution in [0.1, 0.15) is 18.1 Å². The van der Waals surface area contributed by atoms with E-state index in [4.69, 9.17) is 9.47 Å². The molecule has 0 heterocycles. The monoisotopic (exact) mass is 429 g/mol. The van der Waals surface area contributed by atoms with Crippen molar-refractivity contribution in [3.05, 3.63) is 88.1 Å². The van der Waals surface area contributed by atoms with Gasteiger partial charge in [-0.3, -0.25) is 0 Å². The van der Waals surface area contributed by atoms with Gasteiger partial charge in [-0.1, -0.05) is 34.1 Å². The van der Waals surface area contributed by atoms with Gasteiger partial charge < -0.3 is 14.8 Å². The SMILES string of the molecule is CCOc1ccc(NCc2cc(Br)ccc2OCc2ccccc2F)cc1. The van der Waals surface area contributed by atoms with Crippen LogP contribution in [0, 0.1) is 5.82 Å². The van der Waals surface area contributed by atoms with Crippen molar-refractivity contribution in [3.8, 4) is 11.5 Å². The first kappa shape index (κ1) is 19.2. The molecule has 3 aromatic carbocycles. The Balaban J connectivity index is 1.67. The fourth-order valence-corrected chi connectivity index (χ4v) is 3.04. The van der Waals surface area contributed by atoms with E-state index in [-0.39, 0.29) is 12.4 Å². The van der Waals surface area contributed by atoms with E-state index < -0.39 is 0 Å². The van der Waals surface area contributed by atoms with Gasteiger partial charge in [-0.15, -0.1) is 0 Å². The second-order valence-corrected chi connectivity index (χ2v) is 6.86. The van der Waals surface area contributed by atoms with E-state index in [0.29, 0.717) is 18.7 Å². The summed E-state index contributed by atoms with van der Waals surface area (Å²) in [4.78, 5) is 0. The molecule has 0 bridgehead atoms. The third-order valence-corrected chi connectivity index (χ3v) is 4.51. The Kier molecular flexibility index (Phi) is 6.71. The van der Waals surface area contributed by atoms with Crippen molar-refractivity contribution >= 4 is 21.6 Å². The molecule has 0 aliphatic heterocycles. The summed E-state index contributed by atoms with van der Waals surface area (Å²) in [5, 5.41) is 3.38. The molecule has 1 N–H and O–H groups in total. The van der Waals surface area contributed by atoms with Gasteiger partial charge in [0.15, 0.2) is 0 Å². The van der Waals surface area contributed by atoms with E-state index in [1.54, 1.807) is 18.2 Å². The quantitative estimate of drug-likeness (QED) is 0.463. The normalized spacial score (nSPS) is 10.5. The first-order valence-electron chi connectivity index (χ1n) is 8.77. The lowest BCUT2D eigenvalue weighted by Crippen LogP contribution is -2.05. The number of ether oxygens (including phenoxy) is 2. The second-order valence-electron chi connectivity index (χ2n) is 5.94. The van der Waals surface area contributed by atoms with E-state index in [1.165, 1.54) is 6.07 Å². The molecule has 27 heavy (non-hydrogen) atoms. The van der Waals surface area contributed by atoms with Crippen LogP contribution in [0.15, 0.2) is 71.2 Å². The van der Waals surface area contributed by atoms with E-state index in [2.05, 4.69) is 21.2 Å². The van der Waals surface area contributed by atoms with Crippen LogP contribution in [-0.2, 0) is 13.2 Å². The topological polar surface area (TPSA) is 30.5 Å². The van der Waals surface area contributed by atoms with Gasteiger partial charge in [0.05, 0.1) is 6.61 Å². The molecule has 0 fully saturated rings. The fourth-order valence-electron chi connectivity index (χ4n) is 2.63. The third kappa shape index (κ3) is 5.47. The van der Waals surface area contributed by atoms with Gasteiger partial charge in [0.25, 0.3) is 0 Å². The number of halogens is 2. The minimum absolute atomic E-state index is 0.185. The first-order valence-corrected chi connectivity index (χ1v) is 9.56. The van der Waals surface area contributed by atoms with Crippen LogP contribution >= 0.6 is 15.9 Å². The number of hydrogen-bond donors (Lipinski definition) is 1. The Morgan fingerprint density at radius 2 is 1.70 bits per heavy atom. The molecule has 0 saturated carbocycles. The summed E-state index contributed by atoms with van der Waals surface area (Å²) in [6, 6.07) is 20.3. The summed E-state index contributed by atoms with van der Waals surface area (Å²) in [5.41, 5.74) is 2.50. The molecule has 5 heteroatoms. The zero-order valence-corrected chi connectivity index (χ0v) is 16.6. The highest BCUT2D eigenvalue weighted by Crippen LogP contribution is 2.26. The second kappa shape index (κ2) is 9.42. The van der Waals surface area contributed by atoms with Crippen LogP contribution in [0.3, 0.4) is 0 Å². The molecule has 3 nitrogen and oxygen atoms in total. The van der Waals surface area contributed by atoms with Crippen molar-refractivity contribution < 1.29 is 13.9 Å². The van der Waals surface area contributed by atoms with Gasteiger partial charge in [0.1, 0.15) is 23.9 Å². The molecule has 0 radical (unpaired) electrons. The highest BCUT2D eigenvalue weighted by Gasteiger charge is 2.08. The van der Waals surface area contributed by atoms with E-state index in [9.17, 15) is 4.39 Å². The average molecular weight is 430 g/mol. The highest BCUT2D eigenvalue weighted by atomic mass is 79.9. The Hall–Kier alpha value is -2.53. The number of hydrogen-bond acceptors (Lipinski definition) is 3. The van der Waals surface area contributed by atoms with Crippen LogP contribution in [0.5, 0.6) is 11.5 Å². The molecule has 3 aromatic rings. The van der Waals surface area contributed by atoms with Crippen LogP contribution in [0.4, 0.5) is 10.1 Å². The molecule has 0 aromatic heterocycles. The lowest BCUT2D eigenvalue weighted by atomic mass is 10.2. The molecule has 0 atom stereocenters. The van der Waals surface area contributed by atoms with Crippen molar-refractivity contribution in [2.45, 2.75) is 20.1 Å². The number of rotatable bonds is 8. The maximum Gasteiger partial charge on any atom is 0.129 e. The lowest BCUT2D eigenvalue weighted by Gasteiger charge is -2.14. The molecule has 0 aliphatic carbocycles. The molecular weight excluding hydrogens is 409 g/mol. The number of anilines is 1. The number of nitrogens with one attached hydrogen (secondary N) is 1. The lowest BCUT2D eigenvalue weighted by molar-refractivity contribution is 0.297. The summed E-state index contributed by atoms with van der Waals surface area (Å²) in [6.07, 6.45) is 0. The van der Waals surface area contributed by atoms with Crippen molar-refractivity contribution in [3.63, 3.8) is 0 Å². The van der Waals surface area contributed by atoms with Crippen molar-refractivity contribution in [1.82, 2.24) is 0 Å². The van der Waals surface area contributed by atoms with Crippen molar-refractivity contribution in [2.24, 2.45) is 0 Å². The zero-order chi connectivity index (χ0) is 19.1. The van der Waals surface area contributed by atoms with Gasteiger partial charge in [-0.2, -0.15) is 0 Å². The Bertz CT molecular complexity index is 884. The predicted octanol–water partition coefficient (Wildman–Crippen LogP) is 6.18. The van der Waals surface area contributed by atoms with E-state index >= 15 is 0 Å². The summed E-state index contributed by atoms with van der Waals surface area (Å²) >= 11 is 3.50. The standard InChI is InChI=1S/C22H21BrFNO2/c1-2-26-20-10-8-19(9-11-20)25-14-17-13-18(23)7-12-22(17)27-15-16-5-3-4-6-21(16)24/h3-13,25H,2,14-15H2,1H3. The smallest absolute Gasteiger partial charge is 0.129 e. The first-order chi connectivity index (χ1) is 13.2. The van der Waals surface area contributed by atoms with Crippen LogP contribution in [0.2, 0.25) is 0 Å². The van der Waals surface area contributed by atoms with Gasteiger partial charge >= 0.3 is 0 Å². The molecule has 0 aliphatic rings. The van der Waals surface area contributed by atoms with Crippen LogP contribution in [0.25, 0.3) is 0 Å². The Morgan fingerprint density at radius 3 is 2.44 bits per heavy atom. The van der Waals surface area contributed by atoms with Gasteiger partial charge in [0.2, 0.25) is 0 Å². The summed E-state index contributed by atoms with van der Waals surface area (Å²) in [6.45, 7) is 3.38. The minimum Gasteiger partial charge on any atom is -0.494 e. The molecule has 0 spiro atoms. The van der Waals surface area contributed by atoms with Gasteiger partial charge in [0, 0.05) is 27.8 Å².